The van der Waals surface area contributed by atoms with Gasteiger partial charge in [-0.3, -0.25) is 4.98 Å². The van der Waals surface area contributed by atoms with Gasteiger partial charge in [0.15, 0.2) is 0 Å². The first-order valence-corrected chi connectivity index (χ1v) is 12.2. The predicted molar refractivity (Wildman–Crippen MR) is 137 cm³/mol. The van der Waals surface area contributed by atoms with Gasteiger partial charge >= 0.3 is 5.97 Å². The molecule has 0 saturated carbocycles. The molecule has 1 N–H and O–H groups in total. The highest BCUT2D eigenvalue weighted by molar-refractivity contribution is 6.15. The zero-order chi connectivity index (χ0) is 24.8. The van der Waals surface area contributed by atoms with E-state index in [-0.39, 0.29) is 11.6 Å². The highest BCUT2D eigenvalue weighted by Gasteiger charge is 2.31. The number of nitrogens with zero attached hydrogens (tertiary/aromatic N) is 5. The van der Waals surface area contributed by atoms with Crippen molar-refractivity contribution in [3.63, 3.8) is 0 Å². The number of aryl methyl sites for hydroxylation is 2. The van der Waals surface area contributed by atoms with Crippen LogP contribution in [0.3, 0.4) is 0 Å². The maximum atomic E-state index is 12.3. The van der Waals surface area contributed by atoms with Crippen molar-refractivity contribution in [3.8, 4) is 11.3 Å². The number of pyridine rings is 1. The first kappa shape index (κ1) is 22.4. The van der Waals surface area contributed by atoms with Crippen molar-refractivity contribution in [1.29, 1.82) is 0 Å². The van der Waals surface area contributed by atoms with E-state index in [9.17, 15) is 9.90 Å². The van der Waals surface area contributed by atoms with E-state index in [1.165, 1.54) is 5.56 Å². The van der Waals surface area contributed by atoms with Gasteiger partial charge < -0.3 is 14.4 Å². The summed E-state index contributed by atoms with van der Waals surface area (Å²) in [5.74, 6) is -0.628. The standard InChI is InChI=1S/C28H27N5O3/c1-17-26(32(2)31-30-17)20-15-23-25(29-16-20)24-21(28(34)35)9-6-10-22(24)33(23)27(18-7-4-3-5-8-18)19-11-13-36-14-12-19/h3-10,15-16,19,27H,11-14H2,1-2H3,(H,34,35). The van der Waals surface area contributed by atoms with Crippen LogP contribution < -0.4 is 0 Å². The molecule has 1 fully saturated rings. The average Bonchev–Trinajstić information content (AvgIpc) is 3.41. The number of aromatic carboxylic acids is 1. The molecule has 182 valence electrons. The van der Waals surface area contributed by atoms with Crippen LogP contribution in [0, 0.1) is 12.8 Å². The predicted octanol–water partition coefficient (Wildman–Crippen LogP) is 5.01. The number of hydrogen-bond acceptors (Lipinski definition) is 5. The van der Waals surface area contributed by atoms with E-state index in [1.54, 1.807) is 16.9 Å². The molecule has 4 heterocycles. The van der Waals surface area contributed by atoms with Gasteiger partial charge in [-0.2, -0.15) is 0 Å². The van der Waals surface area contributed by atoms with Gasteiger partial charge in [-0.15, -0.1) is 5.10 Å². The molecule has 1 aliphatic heterocycles. The number of ether oxygens (including phenoxy) is 1. The minimum Gasteiger partial charge on any atom is -0.478 e. The second-order valence-electron chi connectivity index (χ2n) is 9.42. The van der Waals surface area contributed by atoms with Gasteiger partial charge in [0.25, 0.3) is 0 Å². The lowest BCUT2D eigenvalue weighted by molar-refractivity contribution is 0.0553. The lowest BCUT2D eigenvalue weighted by Crippen LogP contribution is -2.26. The van der Waals surface area contributed by atoms with Gasteiger partial charge in [0.05, 0.1) is 39.5 Å². The second-order valence-corrected chi connectivity index (χ2v) is 9.42. The molecule has 5 aromatic rings. The van der Waals surface area contributed by atoms with Gasteiger partial charge in [-0.05, 0) is 49.4 Å². The summed E-state index contributed by atoms with van der Waals surface area (Å²) in [6.07, 6.45) is 3.65. The Labute approximate surface area is 208 Å². The van der Waals surface area contributed by atoms with Crippen LogP contribution in [0.4, 0.5) is 0 Å². The first-order valence-electron chi connectivity index (χ1n) is 12.2. The molecule has 1 atom stereocenters. The average molecular weight is 482 g/mol. The molecule has 8 nitrogen and oxygen atoms in total. The van der Waals surface area contributed by atoms with Gasteiger partial charge in [-0.25, -0.2) is 9.48 Å². The number of aromatic nitrogens is 5. The first-order chi connectivity index (χ1) is 17.5. The number of hydrogen-bond donors (Lipinski definition) is 1. The Kier molecular flexibility index (Phi) is 5.53. The Morgan fingerprint density at radius 2 is 1.86 bits per heavy atom. The zero-order valence-electron chi connectivity index (χ0n) is 20.3. The molecule has 0 spiro atoms. The van der Waals surface area contributed by atoms with Crippen LogP contribution in [0.25, 0.3) is 33.2 Å². The summed E-state index contributed by atoms with van der Waals surface area (Å²) in [5.41, 5.74) is 6.51. The second kappa shape index (κ2) is 8.87. The normalized spacial score (nSPS) is 15.5. The molecule has 36 heavy (non-hydrogen) atoms. The van der Waals surface area contributed by atoms with Gasteiger partial charge in [0.1, 0.15) is 0 Å². The largest absolute Gasteiger partial charge is 0.478 e. The van der Waals surface area contributed by atoms with Crippen LogP contribution in [-0.2, 0) is 11.8 Å². The minimum absolute atomic E-state index is 0.00181. The zero-order valence-corrected chi connectivity index (χ0v) is 20.3. The summed E-state index contributed by atoms with van der Waals surface area (Å²) in [7, 11) is 1.87. The number of carboxylic acid groups (broad SMARTS) is 1. The Bertz CT molecular complexity index is 1560. The van der Waals surface area contributed by atoms with Crippen molar-refractivity contribution >= 4 is 27.9 Å². The van der Waals surface area contributed by atoms with Crippen LogP contribution in [0.5, 0.6) is 0 Å². The van der Waals surface area contributed by atoms with E-state index in [1.807, 2.05) is 32.2 Å². The number of carbonyl (C=O) groups is 1. The smallest absolute Gasteiger partial charge is 0.336 e. The summed E-state index contributed by atoms with van der Waals surface area (Å²) in [4.78, 5) is 17.1. The van der Waals surface area contributed by atoms with Crippen LogP contribution in [0.1, 0.15) is 40.5 Å². The van der Waals surface area contributed by atoms with Crippen LogP contribution in [-0.4, -0.2) is 48.8 Å². The fourth-order valence-electron chi connectivity index (χ4n) is 5.73. The van der Waals surface area contributed by atoms with E-state index < -0.39 is 5.97 Å². The van der Waals surface area contributed by atoms with E-state index in [0.29, 0.717) is 16.8 Å². The summed E-state index contributed by atoms with van der Waals surface area (Å²) in [5, 5.41) is 19.1. The molecule has 0 aliphatic carbocycles. The molecule has 0 radical (unpaired) electrons. The summed E-state index contributed by atoms with van der Waals surface area (Å²) >= 11 is 0. The van der Waals surface area contributed by atoms with Gasteiger partial charge in [0.2, 0.25) is 0 Å². The summed E-state index contributed by atoms with van der Waals surface area (Å²) < 4.78 is 9.76. The van der Waals surface area contributed by atoms with Crippen molar-refractivity contribution in [3.05, 3.63) is 77.6 Å². The van der Waals surface area contributed by atoms with Crippen LogP contribution >= 0.6 is 0 Å². The van der Waals surface area contributed by atoms with E-state index in [4.69, 9.17) is 9.72 Å². The third-order valence-electron chi connectivity index (χ3n) is 7.30. The highest BCUT2D eigenvalue weighted by atomic mass is 16.5. The lowest BCUT2D eigenvalue weighted by atomic mass is 9.86. The highest BCUT2D eigenvalue weighted by Crippen LogP contribution is 2.42. The number of rotatable bonds is 5. The van der Waals surface area contributed by atoms with E-state index >= 15 is 0 Å². The van der Waals surface area contributed by atoms with Crippen LogP contribution in [0.15, 0.2) is 60.8 Å². The maximum Gasteiger partial charge on any atom is 0.336 e. The third-order valence-corrected chi connectivity index (χ3v) is 7.30. The monoisotopic (exact) mass is 481 g/mol. The minimum atomic E-state index is -0.959. The van der Waals surface area contributed by atoms with E-state index in [2.05, 4.69) is 45.2 Å². The van der Waals surface area contributed by atoms with Gasteiger partial charge in [-0.1, -0.05) is 41.6 Å². The molecule has 2 aromatic carbocycles. The summed E-state index contributed by atoms with van der Waals surface area (Å²) in [6.45, 7) is 3.36. The molecule has 8 heteroatoms. The Morgan fingerprint density at radius 3 is 2.56 bits per heavy atom. The van der Waals surface area contributed by atoms with Crippen molar-refractivity contribution < 1.29 is 14.6 Å². The lowest BCUT2D eigenvalue weighted by Gasteiger charge is -2.33. The van der Waals surface area contributed by atoms with Gasteiger partial charge in [0, 0.05) is 37.4 Å². The molecule has 1 unspecified atom stereocenters. The van der Waals surface area contributed by atoms with Crippen molar-refractivity contribution in [2.24, 2.45) is 13.0 Å². The topological polar surface area (TPSA) is 95.1 Å². The molecule has 1 aliphatic rings. The third kappa shape index (κ3) is 3.56. The van der Waals surface area contributed by atoms with Crippen LogP contribution in [0.2, 0.25) is 0 Å². The molecule has 3 aromatic heterocycles. The number of fused-ring (bicyclic) bond motifs is 3. The Balaban J connectivity index is 1.71. The fraction of sp³-hybridized carbons (Fsp3) is 0.286. The van der Waals surface area contributed by atoms with Crippen molar-refractivity contribution in [2.45, 2.75) is 25.8 Å². The fourth-order valence-corrected chi connectivity index (χ4v) is 5.73. The number of carboxylic acids is 1. The number of benzene rings is 2. The Hall–Kier alpha value is -4.04. The molecule has 0 amide bonds. The quantitative estimate of drug-likeness (QED) is 0.379. The van der Waals surface area contributed by atoms with E-state index in [0.717, 1.165) is 54.0 Å². The Morgan fingerprint density at radius 1 is 1.08 bits per heavy atom. The van der Waals surface area contributed by atoms with Crippen molar-refractivity contribution in [1.82, 2.24) is 24.5 Å². The SMILES string of the molecule is Cc1nnn(C)c1-c1cnc2c3c(C(=O)O)cccc3n(C(c3ccccc3)C3CCOCC3)c2c1. The molecule has 1 saturated heterocycles. The van der Waals surface area contributed by atoms with Crippen molar-refractivity contribution in [2.75, 3.05) is 13.2 Å². The molecule has 6 rings (SSSR count). The molecule has 0 bridgehead atoms. The molecular formula is C28H27N5O3. The maximum absolute atomic E-state index is 12.3. The molecular weight excluding hydrogens is 454 g/mol. The summed E-state index contributed by atoms with van der Waals surface area (Å²) in [6, 6.07) is 18.1.